The maximum absolute atomic E-state index is 16.8. The van der Waals surface area contributed by atoms with E-state index in [0.717, 1.165) is 44.5 Å². The van der Waals surface area contributed by atoms with Crippen molar-refractivity contribution in [2.45, 2.75) is 50.5 Å². The van der Waals surface area contributed by atoms with Crippen LogP contribution in [-0.2, 0) is 11.2 Å². The Kier molecular flexibility index (Phi) is 7.20. The highest BCUT2D eigenvalue weighted by atomic mass is 19.1. The second-order valence-corrected chi connectivity index (χ2v) is 13.9. The number of piperazine rings is 1. The van der Waals surface area contributed by atoms with E-state index in [1.165, 1.54) is 35.3 Å². The van der Waals surface area contributed by atoms with Gasteiger partial charge in [-0.2, -0.15) is 9.97 Å². The number of fused-ring (bicyclic) bond motifs is 4. The van der Waals surface area contributed by atoms with Crippen molar-refractivity contribution in [3.05, 3.63) is 71.1 Å². The molecule has 1 aromatic heterocycles. The van der Waals surface area contributed by atoms with Gasteiger partial charge < -0.3 is 24.3 Å². The Hall–Kier alpha value is -4.10. The normalized spacial score (nSPS) is 24.4. The summed E-state index contributed by atoms with van der Waals surface area (Å²) in [6.07, 6.45) is 6.82. The third-order valence-corrected chi connectivity index (χ3v) is 10.9. The zero-order chi connectivity index (χ0) is 31.6. The molecule has 2 saturated heterocycles. The van der Waals surface area contributed by atoms with Gasteiger partial charge in [-0.1, -0.05) is 30.8 Å². The number of hydrogen-bond donors (Lipinski definition) is 0. The van der Waals surface area contributed by atoms with E-state index in [-0.39, 0.29) is 36.6 Å². The molecule has 3 atom stereocenters. The molecule has 10 heteroatoms. The van der Waals surface area contributed by atoms with E-state index in [0.29, 0.717) is 41.8 Å². The number of anilines is 1. The van der Waals surface area contributed by atoms with Gasteiger partial charge in [-0.05, 0) is 86.2 Å². The molecule has 3 heterocycles. The summed E-state index contributed by atoms with van der Waals surface area (Å²) in [5, 5.41) is 0.540. The van der Waals surface area contributed by atoms with Crippen LogP contribution in [0.3, 0.4) is 0 Å². The molecule has 3 aliphatic carbocycles. The minimum Gasteiger partial charge on any atom is -0.463 e. The molecule has 0 spiro atoms. The van der Waals surface area contributed by atoms with Gasteiger partial charge in [-0.25, -0.2) is 15.4 Å². The highest BCUT2D eigenvalue weighted by Crippen LogP contribution is 2.58. The highest BCUT2D eigenvalue weighted by Gasteiger charge is 2.47. The summed E-state index contributed by atoms with van der Waals surface area (Å²) in [6, 6.07) is 9.47. The maximum Gasteiger partial charge on any atom is 0.319 e. The molecule has 0 bridgehead atoms. The minimum absolute atomic E-state index is 0.000524. The summed E-state index contributed by atoms with van der Waals surface area (Å²) in [4.78, 5) is 31.4. The second kappa shape index (κ2) is 11.3. The molecule has 238 valence electrons. The lowest BCUT2D eigenvalue weighted by Gasteiger charge is -2.39. The number of aromatic nitrogens is 2. The second-order valence-electron chi connectivity index (χ2n) is 13.9. The lowest BCUT2D eigenvalue weighted by Crippen LogP contribution is -2.56. The van der Waals surface area contributed by atoms with E-state index in [1.807, 2.05) is 29.2 Å². The number of likely N-dealkylation sites (tertiary alicyclic amines) is 1. The van der Waals surface area contributed by atoms with Gasteiger partial charge in [-0.15, -0.1) is 0 Å². The van der Waals surface area contributed by atoms with Crippen molar-refractivity contribution < 1.29 is 18.3 Å². The summed E-state index contributed by atoms with van der Waals surface area (Å²) < 4.78 is 36.9. The highest BCUT2D eigenvalue weighted by molar-refractivity contribution is 5.94. The summed E-state index contributed by atoms with van der Waals surface area (Å²) in [7, 11) is 0. The van der Waals surface area contributed by atoms with Crippen LogP contribution in [0, 0.1) is 23.7 Å². The Morgan fingerprint density at radius 3 is 2.70 bits per heavy atom. The van der Waals surface area contributed by atoms with E-state index >= 15 is 4.39 Å². The SMILES string of the molecule is [C-]#[N+]C[C@H]1CN(c2nc(OCC3(CN4CCCC4)CC3)nc3c(F)c(-c4cccc5c4C[C@H]4C[C@@H]54)ccc23)CCN1C(=O)C(=C)F. The average Bonchev–Trinajstić information content (AvgIpc) is 3.91. The van der Waals surface area contributed by atoms with Crippen LogP contribution >= 0.6 is 0 Å². The predicted octanol–water partition coefficient (Wildman–Crippen LogP) is 5.77. The van der Waals surface area contributed by atoms with E-state index in [4.69, 9.17) is 21.3 Å². The lowest BCUT2D eigenvalue weighted by molar-refractivity contribution is -0.131. The number of halogens is 2. The molecule has 0 unspecified atom stereocenters. The number of hydrogen-bond acceptors (Lipinski definition) is 6. The summed E-state index contributed by atoms with van der Waals surface area (Å²) in [5.41, 5.74) is 4.29. The molecule has 8 rings (SSSR count). The quantitative estimate of drug-likeness (QED) is 0.223. The molecule has 0 radical (unpaired) electrons. The third-order valence-electron chi connectivity index (χ3n) is 10.9. The minimum atomic E-state index is -1.05. The van der Waals surface area contributed by atoms with Crippen molar-refractivity contribution in [1.29, 1.82) is 0 Å². The average molecular weight is 625 g/mol. The first-order valence-corrected chi connectivity index (χ1v) is 16.6. The monoisotopic (exact) mass is 624 g/mol. The largest absolute Gasteiger partial charge is 0.463 e. The maximum atomic E-state index is 16.8. The first-order chi connectivity index (χ1) is 22.3. The molecule has 2 aliphatic heterocycles. The summed E-state index contributed by atoms with van der Waals surface area (Å²) in [5.74, 6) is -0.484. The van der Waals surface area contributed by atoms with Gasteiger partial charge >= 0.3 is 6.01 Å². The first kappa shape index (κ1) is 29.3. The van der Waals surface area contributed by atoms with Gasteiger partial charge in [0.25, 0.3) is 5.91 Å². The molecule has 4 fully saturated rings. The number of benzene rings is 2. The van der Waals surface area contributed by atoms with Gasteiger partial charge in [0.2, 0.25) is 6.54 Å². The fourth-order valence-electron chi connectivity index (χ4n) is 8.08. The van der Waals surface area contributed by atoms with Gasteiger partial charge in [0.15, 0.2) is 11.6 Å². The zero-order valence-corrected chi connectivity index (χ0v) is 26.0. The Balaban J connectivity index is 1.16. The predicted molar refractivity (Wildman–Crippen MR) is 172 cm³/mol. The summed E-state index contributed by atoms with van der Waals surface area (Å²) >= 11 is 0. The van der Waals surface area contributed by atoms with E-state index in [9.17, 15) is 9.18 Å². The molecule has 46 heavy (non-hydrogen) atoms. The van der Waals surface area contributed by atoms with Crippen molar-refractivity contribution in [2.24, 2.45) is 11.3 Å². The molecule has 3 aromatic rings. The fourth-order valence-corrected chi connectivity index (χ4v) is 8.08. The van der Waals surface area contributed by atoms with Crippen LogP contribution in [0.4, 0.5) is 14.6 Å². The Morgan fingerprint density at radius 2 is 1.93 bits per heavy atom. The number of ether oxygens (including phenoxy) is 1. The van der Waals surface area contributed by atoms with Crippen molar-refractivity contribution in [3.8, 4) is 17.1 Å². The smallest absolute Gasteiger partial charge is 0.319 e. The number of carbonyl (C=O) groups excluding carboxylic acids is 1. The molecule has 8 nitrogen and oxygen atoms in total. The van der Waals surface area contributed by atoms with Gasteiger partial charge in [0, 0.05) is 42.5 Å². The molecule has 0 N–H and O–H groups in total. The van der Waals surface area contributed by atoms with E-state index in [2.05, 4.69) is 22.4 Å². The topological polar surface area (TPSA) is 66.2 Å². The fraction of sp³-hybridized carbons (Fsp3) is 0.500. The van der Waals surface area contributed by atoms with Crippen molar-refractivity contribution in [1.82, 2.24) is 19.8 Å². The first-order valence-electron chi connectivity index (χ1n) is 16.6. The molecule has 5 aliphatic rings. The van der Waals surface area contributed by atoms with Crippen molar-refractivity contribution >= 4 is 22.6 Å². The molecule has 1 amide bonds. The molecule has 2 aromatic carbocycles. The zero-order valence-electron chi connectivity index (χ0n) is 26.0. The third kappa shape index (κ3) is 5.19. The van der Waals surface area contributed by atoms with Crippen LogP contribution in [0.25, 0.3) is 26.9 Å². The Bertz CT molecular complexity index is 1780. The van der Waals surface area contributed by atoms with Crippen LogP contribution in [0.1, 0.15) is 49.1 Å². The van der Waals surface area contributed by atoms with Crippen molar-refractivity contribution in [3.63, 3.8) is 0 Å². The number of carbonyl (C=O) groups is 1. The van der Waals surface area contributed by atoms with Crippen LogP contribution < -0.4 is 9.64 Å². The van der Waals surface area contributed by atoms with Gasteiger partial charge in [0.05, 0.1) is 6.61 Å². The summed E-state index contributed by atoms with van der Waals surface area (Å²) in [6.45, 7) is 15.1. The number of rotatable bonds is 9. The standard InChI is InChI=1S/C36H38F2N6O2/c1-22(37)34(45)44-15-14-43(19-24(44)18-39-2)33-28-9-8-27(25-6-5-7-26-29-16-23(29)17-30(25)26)31(38)32(28)40-35(41-33)46-21-36(10-11-36)20-42-12-3-4-13-42/h5-9,23-24,29H,1,3-4,10-21H2/t23-,24+,29-/m1/s1. The van der Waals surface area contributed by atoms with E-state index < -0.39 is 23.6 Å². The van der Waals surface area contributed by atoms with Crippen LogP contribution in [0.5, 0.6) is 6.01 Å². The van der Waals surface area contributed by atoms with Gasteiger partial charge in [0.1, 0.15) is 17.4 Å². The van der Waals surface area contributed by atoms with Gasteiger partial charge in [-0.3, -0.25) is 4.79 Å². The molecular formula is C36H38F2N6O2. The molecular weight excluding hydrogens is 586 g/mol. The van der Waals surface area contributed by atoms with Crippen LogP contribution in [0.15, 0.2) is 42.7 Å². The van der Waals surface area contributed by atoms with E-state index in [1.54, 1.807) is 0 Å². The Morgan fingerprint density at radius 1 is 1.11 bits per heavy atom. The van der Waals surface area contributed by atoms with Crippen LogP contribution in [0.2, 0.25) is 0 Å². The number of amides is 1. The lowest BCUT2D eigenvalue weighted by atomic mass is 9.93. The Labute approximate surface area is 267 Å². The number of nitrogens with zero attached hydrogens (tertiary/aromatic N) is 6. The molecule has 2 saturated carbocycles. The van der Waals surface area contributed by atoms with Crippen molar-refractivity contribution in [2.75, 3.05) is 57.3 Å². The van der Waals surface area contributed by atoms with Crippen LogP contribution in [-0.4, -0.2) is 84.1 Å².